The lowest BCUT2D eigenvalue weighted by atomic mass is 10.2. The molecular weight excluding hydrogens is 240 g/mol. The van der Waals surface area contributed by atoms with Crippen molar-refractivity contribution in [1.29, 1.82) is 0 Å². The van der Waals surface area contributed by atoms with E-state index in [9.17, 15) is 10.1 Å². The third-order valence-corrected chi connectivity index (χ3v) is 3.54. The number of rotatable bonds is 6. The van der Waals surface area contributed by atoms with E-state index in [2.05, 4.69) is 5.32 Å². The summed E-state index contributed by atoms with van der Waals surface area (Å²) < 4.78 is 0. The Kier molecular flexibility index (Phi) is 5.24. The van der Waals surface area contributed by atoms with Crippen LogP contribution in [0, 0.1) is 16.0 Å². The molecule has 0 saturated carbocycles. The molecule has 0 fully saturated rings. The van der Waals surface area contributed by atoms with Crippen LogP contribution in [-0.2, 0) is 0 Å². The lowest BCUT2D eigenvalue weighted by molar-refractivity contribution is -0.385. The van der Waals surface area contributed by atoms with Crippen molar-refractivity contribution in [2.75, 3.05) is 24.7 Å². The minimum Gasteiger partial charge on any atom is -0.396 e. The molecule has 1 rings (SSSR count). The van der Waals surface area contributed by atoms with Gasteiger partial charge in [0.1, 0.15) is 0 Å². The van der Waals surface area contributed by atoms with Crippen LogP contribution in [-0.4, -0.2) is 29.4 Å². The summed E-state index contributed by atoms with van der Waals surface area (Å²) in [6.07, 6.45) is 0. The van der Waals surface area contributed by atoms with Gasteiger partial charge in [0.2, 0.25) is 0 Å². The second-order valence-corrected chi connectivity index (χ2v) is 4.91. The van der Waals surface area contributed by atoms with E-state index in [4.69, 9.17) is 5.11 Å². The first-order valence-electron chi connectivity index (χ1n) is 5.27. The van der Waals surface area contributed by atoms with Gasteiger partial charge >= 0.3 is 0 Å². The highest BCUT2D eigenvalue weighted by Gasteiger charge is 2.10. The molecule has 2 N–H and O–H groups in total. The van der Waals surface area contributed by atoms with Gasteiger partial charge in [-0.05, 0) is 12.0 Å². The molecule has 0 saturated heterocycles. The van der Waals surface area contributed by atoms with Gasteiger partial charge in [-0.25, -0.2) is 0 Å². The summed E-state index contributed by atoms with van der Waals surface area (Å²) in [5, 5.41) is 22.6. The largest absolute Gasteiger partial charge is 0.396 e. The number of thioether (sulfide) groups is 1. The molecule has 0 aliphatic carbocycles. The number of aliphatic hydroxyl groups is 1. The number of anilines is 1. The van der Waals surface area contributed by atoms with E-state index in [0.717, 1.165) is 16.3 Å². The third kappa shape index (κ3) is 4.24. The zero-order valence-corrected chi connectivity index (χ0v) is 10.7. The lowest BCUT2D eigenvalue weighted by Gasteiger charge is -2.08. The molecule has 6 heteroatoms. The molecule has 0 bridgehead atoms. The molecular formula is C11H16N2O3S. The van der Waals surface area contributed by atoms with Crippen LogP contribution in [0.5, 0.6) is 0 Å². The van der Waals surface area contributed by atoms with Crippen molar-refractivity contribution in [3.8, 4) is 0 Å². The van der Waals surface area contributed by atoms with Gasteiger partial charge in [0, 0.05) is 42.1 Å². The summed E-state index contributed by atoms with van der Waals surface area (Å²) in [5.41, 5.74) is 0.800. The lowest BCUT2D eigenvalue weighted by Crippen LogP contribution is -2.03. The zero-order valence-electron chi connectivity index (χ0n) is 9.84. The maximum atomic E-state index is 10.7. The van der Waals surface area contributed by atoms with Crippen molar-refractivity contribution in [1.82, 2.24) is 0 Å². The Morgan fingerprint density at radius 2 is 2.24 bits per heavy atom. The minimum absolute atomic E-state index is 0.0796. The van der Waals surface area contributed by atoms with Crippen molar-refractivity contribution in [2.24, 2.45) is 5.92 Å². The molecule has 0 heterocycles. The molecule has 1 unspecified atom stereocenters. The Morgan fingerprint density at radius 3 is 2.76 bits per heavy atom. The number of nitro benzene ring substituents is 1. The van der Waals surface area contributed by atoms with Crippen LogP contribution in [0.2, 0.25) is 0 Å². The molecule has 0 aromatic heterocycles. The Morgan fingerprint density at radius 1 is 1.53 bits per heavy atom. The number of nitro groups is 1. The summed E-state index contributed by atoms with van der Waals surface area (Å²) in [6.45, 7) is 2.06. The molecule has 0 aliphatic heterocycles. The summed E-state index contributed by atoms with van der Waals surface area (Å²) in [7, 11) is 1.73. The van der Waals surface area contributed by atoms with E-state index in [1.54, 1.807) is 13.1 Å². The highest BCUT2D eigenvalue weighted by atomic mass is 32.2. The van der Waals surface area contributed by atoms with Gasteiger partial charge in [-0.15, -0.1) is 11.8 Å². The second-order valence-electron chi connectivity index (χ2n) is 3.82. The summed E-state index contributed by atoms with van der Waals surface area (Å²) in [5.74, 6) is 0.915. The number of benzene rings is 1. The molecule has 1 atom stereocenters. The Labute approximate surface area is 104 Å². The van der Waals surface area contributed by atoms with Crippen molar-refractivity contribution in [3.05, 3.63) is 28.3 Å². The monoisotopic (exact) mass is 256 g/mol. The first-order valence-corrected chi connectivity index (χ1v) is 6.26. The number of hydrogen-bond acceptors (Lipinski definition) is 5. The quantitative estimate of drug-likeness (QED) is 0.464. The fourth-order valence-electron chi connectivity index (χ4n) is 1.21. The van der Waals surface area contributed by atoms with Crippen molar-refractivity contribution >= 4 is 23.1 Å². The highest BCUT2D eigenvalue weighted by molar-refractivity contribution is 7.99. The Balaban J connectivity index is 2.83. The summed E-state index contributed by atoms with van der Waals surface area (Å²) >= 11 is 1.51. The van der Waals surface area contributed by atoms with E-state index in [-0.39, 0.29) is 18.2 Å². The summed E-state index contributed by atoms with van der Waals surface area (Å²) in [4.78, 5) is 11.2. The molecule has 1 aromatic rings. The van der Waals surface area contributed by atoms with Gasteiger partial charge < -0.3 is 10.4 Å². The van der Waals surface area contributed by atoms with Crippen molar-refractivity contribution < 1.29 is 10.0 Å². The van der Waals surface area contributed by atoms with E-state index in [1.807, 2.05) is 13.0 Å². The first-order chi connectivity index (χ1) is 8.06. The van der Waals surface area contributed by atoms with E-state index in [1.165, 1.54) is 17.8 Å². The molecule has 0 spiro atoms. The number of aliphatic hydroxyl groups excluding tert-OH is 1. The van der Waals surface area contributed by atoms with Gasteiger partial charge in [-0.1, -0.05) is 6.92 Å². The molecule has 0 radical (unpaired) electrons. The van der Waals surface area contributed by atoms with Crippen LogP contribution in [0.4, 0.5) is 11.4 Å². The van der Waals surface area contributed by atoms with Gasteiger partial charge in [-0.3, -0.25) is 10.1 Å². The minimum atomic E-state index is -0.402. The number of non-ortho nitro benzene ring substituents is 1. The maximum Gasteiger partial charge on any atom is 0.272 e. The topological polar surface area (TPSA) is 75.4 Å². The van der Waals surface area contributed by atoms with E-state index >= 15 is 0 Å². The van der Waals surface area contributed by atoms with Crippen molar-refractivity contribution in [3.63, 3.8) is 0 Å². The van der Waals surface area contributed by atoms with Crippen LogP contribution < -0.4 is 5.32 Å². The average Bonchev–Trinajstić information content (AvgIpc) is 2.35. The van der Waals surface area contributed by atoms with Crippen LogP contribution in [0.25, 0.3) is 0 Å². The predicted molar refractivity (Wildman–Crippen MR) is 69.6 cm³/mol. The molecule has 17 heavy (non-hydrogen) atoms. The Bertz CT molecular complexity index is 398. The maximum absolute atomic E-state index is 10.7. The average molecular weight is 256 g/mol. The van der Waals surface area contributed by atoms with Crippen LogP contribution in [0.1, 0.15) is 6.92 Å². The summed E-state index contributed by atoms with van der Waals surface area (Å²) in [6, 6.07) is 4.91. The SMILES string of the molecule is CNc1cc(SCC(C)CO)cc([N+](=O)[O-])c1. The van der Waals surface area contributed by atoms with Crippen LogP contribution in [0.15, 0.2) is 23.1 Å². The highest BCUT2D eigenvalue weighted by Crippen LogP contribution is 2.28. The van der Waals surface area contributed by atoms with E-state index < -0.39 is 4.92 Å². The van der Waals surface area contributed by atoms with Crippen molar-refractivity contribution in [2.45, 2.75) is 11.8 Å². The fraction of sp³-hybridized carbons (Fsp3) is 0.455. The zero-order chi connectivity index (χ0) is 12.8. The predicted octanol–water partition coefficient (Wildman–Crippen LogP) is 2.36. The number of nitrogens with zero attached hydrogens (tertiary/aromatic N) is 1. The van der Waals surface area contributed by atoms with Gasteiger partial charge in [0.15, 0.2) is 0 Å². The normalized spacial score (nSPS) is 12.2. The van der Waals surface area contributed by atoms with Gasteiger partial charge in [0.25, 0.3) is 5.69 Å². The second kappa shape index (κ2) is 6.46. The Hall–Kier alpha value is -1.27. The van der Waals surface area contributed by atoms with Crippen LogP contribution in [0.3, 0.4) is 0 Å². The molecule has 94 valence electrons. The smallest absolute Gasteiger partial charge is 0.272 e. The molecule has 0 aliphatic rings. The molecule has 5 nitrogen and oxygen atoms in total. The third-order valence-electron chi connectivity index (χ3n) is 2.24. The molecule has 0 amide bonds. The van der Waals surface area contributed by atoms with Gasteiger partial charge in [-0.2, -0.15) is 0 Å². The van der Waals surface area contributed by atoms with E-state index in [0.29, 0.717) is 0 Å². The van der Waals surface area contributed by atoms with Crippen LogP contribution >= 0.6 is 11.8 Å². The standard InChI is InChI=1S/C11H16N2O3S/c1-8(6-14)7-17-11-4-9(12-2)3-10(5-11)13(15)16/h3-5,8,12,14H,6-7H2,1-2H3. The number of nitrogens with one attached hydrogen (secondary N) is 1. The number of hydrogen-bond donors (Lipinski definition) is 2. The fourth-order valence-corrected chi connectivity index (χ4v) is 2.20. The van der Waals surface area contributed by atoms with Gasteiger partial charge in [0.05, 0.1) is 4.92 Å². The first kappa shape index (κ1) is 13.8. The molecule has 1 aromatic carbocycles.